The first-order valence-electron chi connectivity index (χ1n) is 7.83. The van der Waals surface area contributed by atoms with Crippen molar-refractivity contribution in [3.8, 4) is 0 Å². The Morgan fingerprint density at radius 2 is 1.59 bits per heavy atom. The minimum atomic E-state index is 0.396. The van der Waals surface area contributed by atoms with Gasteiger partial charge in [0.15, 0.2) is 10.9 Å². The third-order valence-electron chi connectivity index (χ3n) is 3.72. The Hall–Kier alpha value is -1.50. The molecule has 1 aromatic heterocycles. The fourth-order valence-corrected chi connectivity index (χ4v) is 3.24. The van der Waals surface area contributed by atoms with Crippen LogP contribution in [0.5, 0.6) is 0 Å². The molecule has 3 rings (SSSR count). The van der Waals surface area contributed by atoms with E-state index < -0.39 is 0 Å². The molecule has 2 aromatic carbocycles. The van der Waals surface area contributed by atoms with Crippen molar-refractivity contribution in [1.29, 1.82) is 0 Å². The monoisotopic (exact) mass is 458 g/mol. The summed E-state index contributed by atoms with van der Waals surface area (Å²) in [5.41, 5.74) is 2.70. The third kappa shape index (κ3) is 5.27. The predicted molar refractivity (Wildman–Crippen MR) is 119 cm³/mol. The van der Waals surface area contributed by atoms with Crippen molar-refractivity contribution in [1.82, 2.24) is 9.78 Å². The molecule has 0 spiro atoms. The molecule has 0 aliphatic rings. The van der Waals surface area contributed by atoms with E-state index >= 15 is 0 Å². The van der Waals surface area contributed by atoms with Crippen LogP contribution in [0.4, 0.5) is 11.5 Å². The number of rotatable bonds is 4. The minimum Gasteiger partial charge on any atom is -0.332 e. The number of hydrogen-bond donors (Lipinski definition) is 2. The standard InChI is InChI=1S/C18H14Cl4N4S/c1-10-6-17(24-18(27)23-12-3-5-14(20)16(22)8-12)25-26(10)9-11-2-4-13(19)15(21)7-11/h2-8H,9H2,1H3,(H2,23,24,25,27). The number of aromatic nitrogens is 2. The van der Waals surface area contributed by atoms with E-state index in [4.69, 9.17) is 58.6 Å². The Balaban J connectivity index is 1.67. The van der Waals surface area contributed by atoms with Gasteiger partial charge >= 0.3 is 0 Å². The van der Waals surface area contributed by atoms with Gasteiger partial charge in [-0.05, 0) is 55.0 Å². The highest BCUT2D eigenvalue weighted by atomic mass is 35.5. The molecule has 0 unspecified atom stereocenters. The second-order valence-electron chi connectivity index (χ2n) is 5.79. The van der Waals surface area contributed by atoms with E-state index in [-0.39, 0.29) is 0 Å². The Morgan fingerprint density at radius 1 is 0.926 bits per heavy atom. The number of benzene rings is 2. The minimum absolute atomic E-state index is 0.396. The first-order valence-corrected chi connectivity index (χ1v) is 9.75. The highest BCUT2D eigenvalue weighted by molar-refractivity contribution is 7.80. The fourth-order valence-electron chi connectivity index (χ4n) is 2.39. The number of hydrogen-bond acceptors (Lipinski definition) is 2. The number of thiocarbonyl (C=S) groups is 1. The fraction of sp³-hybridized carbons (Fsp3) is 0.111. The van der Waals surface area contributed by atoms with Gasteiger partial charge in [-0.25, -0.2) is 0 Å². The van der Waals surface area contributed by atoms with E-state index in [9.17, 15) is 0 Å². The molecule has 0 radical (unpaired) electrons. The molecule has 0 saturated carbocycles. The summed E-state index contributed by atoms with van der Waals surface area (Å²) in [5, 5.41) is 13.0. The first-order chi connectivity index (χ1) is 12.8. The number of anilines is 2. The molecule has 0 saturated heterocycles. The lowest BCUT2D eigenvalue weighted by molar-refractivity contribution is 0.668. The summed E-state index contributed by atoms with van der Waals surface area (Å²) < 4.78 is 1.85. The molecule has 0 bridgehead atoms. The molecular weight excluding hydrogens is 446 g/mol. The number of nitrogens with one attached hydrogen (secondary N) is 2. The van der Waals surface area contributed by atoms with Crippen molar-refractivity contribution in [2.24, 2.45) is 0 Å². The SMILES string of the molecule is Cc1cc(NC(=S)Nc2ccc(Cl)c(Cl)c2)nn1Cc1ccc(Cl)c(Cl)c1. The van der Waals surface area contributed by atoms with Crippen molar-refractivity contribution in [3.63, 3.8) is 0 Å². The molecule has 2 N–H and O–H groups in total. The maximum absolute atomic E-state index is 6.07. The lowest BCUT2D eigenvalue weighted by Crippen LogP contribution is -2.19. The molecular formula is C18H14Cl4N4S. The van der Waals surface area contributed by atoms with Crippen LogP contribution >= 0.6 is 58.6 Å². The zero-order valence-electron chi connectivity index (χ0n) is 14.1. The summed E-state index contributed by atoms with van der Waals surface area (Å²) in [5.74, 6) is 0.630. The van der Waals surface area contributed by atoms with Crippen LogP contribution in [0.2, 0.25) is 20.1 Å². The highest BCUT2D eigenvalue weighted by Gasteiger charge is 2.08. The molecule has 0 fully saturated rings. The van der Waals surface area contributed by atoms with Crippen LogP contribution in [-0.4, -0.2) is 14.9 Å². The summed E-state index contributed by atoms with van der Waals surface area (Å²) in [6, 6.07) is 12.6. The predicted octanol–water partition coefficient (Wildman–Crippen LogP) is 6.66. The van der Waals surface area contributed by atoms with Gasteiger partial charge in [-0.3, -0.25) is 4.68 Å². The summed E-state index contributed by atoms with van der Waals surface area (Å²) in [4.78, 5) is 0. The average Bonchev–Trinajstić information content (AvgIpc) is 2.93. The number of nitrogens with zero attached hydrogens (tertiary/aromatic N) is 2. The first kappa shape index (κ1) is 20.2. The summed E-state index contributed by atoms with van der Waals surface area (Å²) in [6.07, 6.45) is 0. The van der Waals surface area contributed by atoms with Gasteiger partial charge < -0.3 is 10.6 Å². The van der Waals surface area contributed by atoms with E-state index in [1.54, 1.807) is 24.3 Å². The highest BCUT2D eigenvalue weighted by Crippen LogP contribution is 2.25. The second-order valence-corrected chi connectivity index (χ2v) is 7.82. The number of halogens is 4. The van der Waals surface area contributed by atoms with Crippen molar-refractivity contribution < 1.29 is 0 Å². The molecule has 140 valence electrons. The van der Waals surface area contributed by atoms with Gasteiger partial charge in [-0.2, -0.15) is 5.10 Å². The largest absolute Gasteiger partial charge is 0.332 e. The molecule has 0 amide bonds. The number of aryl methyl sites for hydroxylation is 1. The Labute approximate surface area is 182 Å². The van der Waals surface area contributed by atoms with E-state index in [1.165, 1.54) is 0 Å². The molecule has 1 heterocycles. The van der Waals surface area contributed by atoms with Crippen LogP contribution < -0.4 is 10.6 Å². The van der Waals surface area contributed by atoms with Crippen LogP contribution in [0.3, 0.4) is 0 Å². The van der Waals surface area contributed by atoms with Crippen LogP contribution in [0.1, 0.15) is 11.3 Å². The molecule has 0 aliphatic carbocycles. The Bertz CT molecular complexity index is 1000. The third-order valence-corrected chi connectivity index (χ3v) is 5.40. The molecule has 3 aromatic rings. The quantitative estimate of drug-likeness (QED) is 0.428. The van der Waals surface area contributed by atoms with E-state index in [1.807, 2.05) is 29.8 Å². The maximum atomic E-state index is 6.07. The molecule has 27 heavy (non-hydrogen) atoms. The van der Waals surface area contributed by atoms with Crippen molar-refractivity contribution >= 4 is 75.2 Å². The maximum Gasteiger partial charge on any atom is 0.176 e. The van der Waals surface area contributed by atoms with E-state index in [0.29, 0.717) is 37.6 Å². The van der Waals surface area contributed by atoms with Gasteiger partial charge in [-0.15, -0.1) is 0 Å². The molecule has 0 atom stereocenters. The van der Waals surface area contributed by atoms with Crippen molar-refractivity contribution in [3.05, 3.63) is 73.8 Å². The molecule has 9 heteroatoms. The van der Waals surface area contributed by atoms with Crippen LogP contribution in [-0.2, 0) is 6.54 Å². The normalized spacial score (nSPS) is 10.7. The van der Waals surface area contributed by atoms with Gasteiger partial charge in [0.05, 0.1) is 26.6 Å². The second kappa shape index (κ2) is 8.67. The van der Waals surface area contributed by atoms with Gasteiger partial charge in [0.2, 0.25) is 0 Å². The molecule has 0 aliphatic heterocycles. The lowest BCUT2D eigenvalue weighted by Gasteiger charge is -2.09. The zero-order chi connectivity index (χ0) is 19.6. The summed E-state index contributed by atoms with van der Waals surface area (Å²) in [7, 11) is 0. The van der Waals surface area contributed by atoms with Gasteiger partial charge in [0, 0.05) is 17.4 Å². The van der Waals surface area contributed by atoms with Crippen LogP contribution in [0.25, 0.3) is 0 Å². The van der Waals surface area contributed by atoms with Crippen molar-refractivity contribution in [2.75, 3.05) is 10.6 Å². The van der Waals surface area contributed by atoms with Gasteiger partial charge in [0.1, 0.15) is 0 Å². The van der Waals surface area contributed by atoms with E-state index in [0.717, 1.165) is 16.9 Å². The Kier molecular flexibility index (Phi) is 6.50. The van der Waals surface area contributed by atoms with Gasteiger partial charge in [-0.1, -0.05) is 52.5 Å². The summed E-state index contributed by atoms with van der Waals surface area (Å²) in [6.45, 7) is 2.53. The smallest absolute Gasteiger partial charge is 0.176 e. The lowest BCUT2D eigenvalue weighted by atomic mass is 10.2. The van der Waals surface area contributed by atoms with Crippen molar-refractivity contribution in [2.45, 2.75) is 13.5 Å². The Morgan fingerprint density at radius 3 is 2.26 bits per heavy atom. The molecule has 4 nitrogen and oxygen atoms in total. The summed E-state index contributed by atoms with van der Waals surface area (Å²) >= 11 is 29.3. The van der Waals surface area contributed by atoms with Crippen LogP contribution in [0, 0.1) is 6.92 Å². The zero-order valence-corrected chi connectivity index (χ0v) is 17.9. The van der Waals surface area contributed by atoms with E-state index in [2.05, 4.69) is 15.7 Å². The topological polar surface area (TPSA) is 41.9 Å². The van der Waals surface area contributed by atoms with Gasteiger partial charge in [0.25, 0.3) is 0 Å². The van der Waals surface area contributed by atoms with Crippen LogP contribution in [0.15, 0.2) is 42.5 Å². The average molecular weight is 460 g/mol.